The van der Waals surface area contributed by atoms with Crippen molar-refractivity contribution < 1.29 is 58.1 Å². The summed E-state index contributed by atoms with van der Waals surface area (Å²) in [6, 6.07) is 6.88. The largest absolute Gasteiger partial charge is 0.481 e. The number of carbonyl (C=O) groups is 9. The highest BCUT2D eigenvalue weighted by molar-refractivity contribution is 5.99. The molecule has 2 heterocycles. The van der Waals surface area contributed by atoms with Crippen molar-refractivity contribution in [2.45, 2.75) is 153 Å². The molecule has 71 heavy (non-hydrogen) atoms. The number of carboxylic acid groups (broad SMARTS) is 1. The van der Waals surface area contributed by atoms with E-state index in [1.807, 2.05) is 6.92 Å². The highest BCUT2D eigenvalue weighted by Crippen LogP contribution is 2.25. The van der Waals surface area contributed by atoms with E-state index in [1.54, 1.807) is 74.5 Å². The Labute approximate surface area is 413 Å². The number of nitrogens with two attached hydrogens (primary N) is 2. The van der Waals surface area contributed by atoms with Gasteiger partial charge in [-0.1, -0.05) is 94.3 Å². The molecule has 0 radical (unpaired) electrons. The molecule has 2 aromatic rings. The molecule has 0 saturated carbocycles. The van der Waals surface area contributed by atoms with Gasteiger partial charge in [0.15, 0.2) is 5.96 Å². The number of cyclic esters (lactones) is 1. The van der Waals surface area contributed by atoms with E-state index in [9.17, 15) is 48.6 Å². The summed E-state index contributed by atoms with van der Waals surface area (Å²) >= 11 is 0. The van der Waals surface area contributed by atoms with Crippen LogP contribution in [0.15, 0.2) is 65.7 Å². The third-order valence-corrected chi connectivity index (χ3v) is 12.4. The Bertz CT molecular complexity index is 2210. The maximum Gasteiger partial charge on any atom is 0.329 e. The van der Waals surface area contributed by atoms with Crippen LogP contribution < -0.4 is 38.1 Å². The Morgan fingerprint density at radius 2 is 1.45 bits per heavy atom. The van der Waals surface area contributed by atoms with Crippen molar-refractivity contribution in [3.63, 3.8) is 0 Å². The Morgan fingerprint density at radius 3 is 2.03 bits per heavy atom. The van der Waals surface area contributed by atoms with Gasteiger partial charge in [-0.15, -0.1) is 0 Å². The van der Waals surface area contributed by atoms with E-state index in [0.29, 0.717) is 24.0 Å². The van der Waals surface area contributed by atoms with Gasteiger partial charge in [0.1, 0.15) is 54.6 Å². The molecular weight excluding hydrogens is 921 g/mol. The van der Waals surface area contributed by atoms with Gasteiger partial charge in [-0.25, -0.2) is 4.79 Å². The van der Waals surface area contributed by atoms with E-state index in [4.69, 9.17) is 16.2 Å². The predicted octanol–water partition coefficient (Wildman–Crippen LogP) is -0.258. The van der Waals surface area contributed by atoms with Crippen molar-refractivity contribution in [1.29, 1.82) is 0 Å². The summed E-state index contributed by atoms with van der Waals surface area (Å²) in [6.45, 7) is 6.40. The van der Waals surface area contributed by atoms with Crippen LogP contribution in [0.2, 0.25) is 0 Å². The molecule has 22 heteroatoms. The maximum atomic E-state index is 15.0. The fourth-order valence-corrected chi connectivity index (χ4v) is 8.39. The summed E-state index contributed by atoms with van der Waals surface area (Å²) < 4.78 is 5.85. The third-order valence-electron chi connectivity index (χ3n) is 12.4. The first-order chi connectivity index (χ1) is 33.7. The number of rotatable bonds is 18. The van der Waals surface area contributed by atoms with Crippen LogP contribution in [0.1, 0.15) is 96.6 Å². The summed E-state index contributed by atoms with van der Waals surface area (Å²) in [5.74, 6) is -9.55. The number of hydrogen-bond acceptors (Lipinski definition) is 12. The minimum absolute atomic E-state index is 0.00229. The van der Waals surface area contributed by atoms with Gasteiger partial charge in [0.2, 0.25) is 41.4 Å². The minimum Gasteiger partial charge on any atom is -0.481 e. The normalized spacial score (nSPS) is 24.2. The van der Waals surface area contributed by atoms with E-state index in [0.717, 1.165) is 16.2 Å². The van der Waals surface area contributed by atoms with Gasteiger partial charge in [-0.2, -0.15) is 0 Å². The van der Waals surface area contributed by atoms with Crippen molar-refractivity contribution in [2.24, 2.45) is 22.4 Å². The number of nitrogens with zero attached hydrogens (tertiary/aromatic N) is 3. The standard InChI is InChI=1S/C49H70N10O12/c1-6-7-10-21-37(60)53-34(27-39(62)63)43(65)57-41-29(4)71-48(70)40(28(2)3)56-44(66)35(25-30-16-11-8-12-17-30)58(5)47(69)36(26-31-18-13-9-14-19-31)59-38(61)23-22-33(46(59)68)55-42(64)32(54-45(41)67)20-15-24-52-49(50)51/h8-9,11-14,16-19,28-29,32-36,38,40-41,61H,6-7,10,15,20-27H2,1-5H3,(H,53,60)(H,54,67)(H,55,64)(H,56,66)(H,57,65)(H,62,63)(H4,50,51,52). The number of guanidine groups is 1. The Hall–Kier alpha value is -7.10. The maximum absolute atomic E-state index is 15.0. The second kappa shape index (κ2) is 27.3. The molecule has 2 saturated heterocycles. The Morgan fingerprint density at radius 1 is 0.831 bits per heavy atom. The van der Waals surface area contributed by atoms with Gasteiger partial charge in [-0.3, -0.25) is 43.3 Å². The summed E-state index contributed by atoms with van der Waals surface area (Å²) in [7, 11) is 1.38. The van der Waals surface area contributed by atoms with E-state index in [1.165, 1.54) is 14.0 Å². The zero-order valence-corrected chi connectivity index (χ0v) is 41.0. The first-order valence-corrected chi connectivity index (χ1v) is 24.0. The number of aliphatic imine (C=N–C) groups is 1. The van der Waals surface area contributed by atoms with Crippen molar-refractivity contribution in [3.8, 4) is 0 Å². The number of carboxylic acids is 1. The average molecular weight is 991 g/mol. The molecule has 7 amide bonds. The second-order valence-electron chi connectivity index (χ2n) is 18.3. The molecule has 2 aliphatic heterocycles. The second-order valence-corrected chi connectivity index (χ2v) is 18.3. The molecule has 11 N–H and O–H groups in total. The fourth-order valence-electron chi connectivity index (χ4n) is 8.39. The molecular formula is C49H70N10O12. The number of likely N-dealkylation sites (N-methyl/N-ethyl adjacent to an activating group) is 1. The van der Waals surface area contributed by atoms with Crippen molar-refractivity contribution in [3.05, 3.63) is 71.8 Å². The predicted molar refractivity (Wildman–Crippen MR) is 259 cm³/mol. The minimum atomic E-state index is -1.87. The lowest BCUT2D eigenvalue weighted by Crippen LogP contribution is -2.65. The van der Waals surface area contributed by atoms with Gasteiger partial charge in [0.25, 0.3) is 0 Å². The zero-order valence-electron chi connectivity index (χ0n) is 41.0. The van der Waals surface area contributed by atoms with Crippen molar-refractivity contribution >= 4 is 59.2 Å². The number of carbonyl (C=O) groups excluding carboxylic acids is 8. The van der Waals surface area contributed by atoms with Gasteiger partial charge in [0.05, 0.1) is 6.42 Å². The summed E-state index contributed by atoms with van der Waals surface area (Å²) in [6.07, 6.45) is -2.50. The van der Waals surface area contributed by atoms with Crippen LogP contribution in [0, 0.1) is 5.92 Å². The molecule has 2 aliphatic rings. The first-order valence-electron chi connectivity index (χ1n) is 24.0. The van der Waals surface area contributed by atoms with Gasteiger partial charge in [0, 0.05) is 32.9 Å². The number of aliphatic carboxylic acids is 1. The van der Waals surface area contributed by atoms with Gasteiger partial charge < -0.3 is 62.8 Å². The number of piperidine rings is 1. The van der Waals surface area contributed by atoms with E-state index < -0.39 is 120 Å². The third kappa shape index (κ3) is 16.8. The number of aliphatic hydroxyl groups is 1. The summed E-state index contributed by atoms with van der Waals surface area (Å²) in [4.78, 5) is 132. The van der Waals surface area contributed by atoms with Crippen LogP contribution in [0.3, 0.4) is 0 Å². The Balaban J connectivity index is 1.87. The van der Waals surface area contributed by atoms with Crippen LogP contribution in [0.4, 0.5) is 0 Å². The van der Waals surface area contributed by atoms with Crippen molar-refractivity contribution in [2.75, 3.05) is 13.6 Å². The number of ether oxygens (including phenoxy) is 1. The van der Waals surface area contributed by atoms with Gasteiger partial charge in [-0.05, 0) is 56.1 Å². The monoisotopic (exact) mass is 991 g/mol. The highest BCUT2D eigenvalue weighted by atomic mass is 16.5. The Kier molecular flexibility index (Phi) is 21.7. The lowest BCUT2D eigenvalue weighted by Gasteiger charge is -2.43. The molecule has 4 rings (SSSR count). The molecule has 0 aromatic heterocycles. The molecule has 9 atom stereocenters. The highest BCUT2D eigenvalue weighted by Gasteiger charge is 2.46. The summed E-state index contributed by atoms with van der Waals surface area (Å²) in [5, 5.41) is 34.1. The lowest BCUT2D eigenvalue weighted by atomic mass is 9.95. The number of amides is 7. The zero-order chi connectivity index (χ0) is 52.4. The number of unbranched alkanes of at least 4 members (excludes halogenated alkanes) is 2. The molecule has 2 aromatic carbocycles. The van der Waals surface area contributed by atoms with E-state index in [2.05, 4.69) is 31.6 Å². The van der Waals surface area contributed by atoms with Crippen molar-refractivity contribution in [1.82, 2.24) is 36.4 Å². The molecule has 388 valence electrons. The SMILES string of the molecule is CCCCCC(=O)NC(CC(=O)O)C(=O)NC1C(=O)NC(CCCN=C(N)N)C(=O)NC2CCC(O)N(C2=O)C(Cc2ccccc2)C(=O)N(C)C(Cc2ccccc2)C(=O)NC(C(C)C)C(=O)OC1C. The van der Waals surface area contributed by atoms with E-state index >= 15 is 4.79 Å². The van der Waals surface area contributed by atoms with Crippen LogP contribution in [-0.2, 0) is 60.7 Å². The van der Waals surface area contributed by atoms with Crippen LogP contribution in [-0.4, -0.2) is 147 Å². The number of hydrogen-bond donors (Lipinski definition) is 9. The van der Waals surface area contributed by atoms with Crippen LogP contribution >= 0.6 is 0 Å². The number of fused-ring (bicyclic) bond motifs is 2. The average Bonchev–Trinajstić information content (AvgIpc) is 3.32. The number of benzene rings is 2. The van der Waals surface area contributed by atoms with Gasteiger partial charge >= 0.3 is 11.9 Å². The number of esters is 1. The molecule has 2 fully saturated rings. The lowest BCUT2D eigenvalue weighted by molar-refractivity contribution is -0.165. The quantitative estimate of drug-likeness (QED) is 0.0403. The molecule has 9 unspecified atom stereocenters. The summed E-state index contributed by atoms with van der Waals surface area (Å²) in [5.41, 5.74) is 12.3. The topological polar surface area (TPSA) is 334 Å². The number of nitrogens with one attached hydrogen (secondary N) is 5. The fraction of sp³-hybridized carbons (Fsp3) is 0.551. The molecule has 22 nitrogen and oxygen atoms in total. The van der Waals surface area contributed by atoms with Crippen LogP contribution in [0.25, 0.3) is 0 Å². The molecule has 2 bridgehead atoms. The number of aliphatic hydroxyl groups excluding tert-OH is 1. The smallest absolute Gasteiger partial charge is 0.329 e. The van der Waals surface area contributed by atoms with Crippen LogP contribution in [0.5, 0.6) is 0 Å². The van der Waals surface area contributed by atoms with E-state index in [-0.39, 0.29) is 57.5 Å². The molecule has 0 aliphatic carbocycles. The molecule has 0 spiro atoms. The first kappa shape index (κ1) is 56.5.